The molecule has 4 aromatic rings. The van der Waals surface area contributed by atoms with Crippen LogP contribution in [-0.2, 0) is 13.1 Å². The molecule has 0 aliphatic carbocycles. The molecule has 0 bridgehead atoms. The second-order valence-corrected chi connectivity index (χ2v) is 9.59. The van der Waals surface area contributed by atoms with Gasteiger partial charge in [-0.1, -0.05) is 23.7 Å². The Morgan fingerprint density at radius 2 is 1.69 bits per heavy atom. The SMILES string of the molecule is Cc1nn(Cc2ccc(Cl)cc2)c2sc(C(=O)N3CCN(Cc4ccncc4)CC3)cc12. The maximum atomic E-state index is 13.2. The average molecular weight is 466 g/mol. The van der Waals surface area contributed by atoms with E-state index in [0.717, 1.165) is 64.1 Å². The third-order valence-corrected chi connectivity index (χ3v) is 7.27. The Bertz CT molecular complexity index is 1230. The number of amides is 1. The molecule has 0 unspecified atom stereocenters. The van der Waals surface area contributed by atoms with Gasteiger partial charge in [0, 0.05) is 55.5 Å². The van der Waals surface area contributed by atoms with E-state index >= 15 is 0 Å². The summed E-state index contributed by atoms with van der Waals surface area (Å²) in [6.07, 6.45) is 3.65. The summed E-state index contributed by atoms with van der Waals surface area (Å²) in [6, 6.07) is 13.9. The third kappa shape index (κ3) is 4.41. The Hall–Kier alpha value is -2.74. The highest BCUT2D eigenvalue weighted by Crippen LogP contribution is 2.30. The van der Waals surface area contributed by atoms with Gasteiger partial charge in [-0.25, -0.2) is 0 Å². The zero-order valence-corrected chi connectivity index (χ0v) is 19.4. The van der Waals surface area contributed by atoms with Gasteiger partial charge in [0.15, 0.2) is 0 Å². The summed E-state index contributed by atoms with van der Waals surface area (Å²) in [4.78, 5) is 23.5. The van der Waals surface area contributed by atoms with Crippen molar-refractivity contribution in [2.24, 2.45) is 0 Å². The molecule has 0 atom stereocenters. The lowest BCUT2D eigenvalue weighted by atomic mass is 10.2. The molecule has 164 valence electrons. The monoisotopic (exact) mass is 465 g/mol. The number of thiophene rings is 1. The van der Waals surface area contributed by atoms with E-state index in [0.29, 0.717) is 6.54 Å². The highest BCUT2D eigenvalue weighted by atomic mass is 35.5. The molecular weight excluding hydrogens is 442 g/mol. The van der Waals surface area contributed by atoms with Crippen LogP contribution in [0.2, 0.25) is 5.02 Å². The Balaban J connectivity index is 1.27. The number of hydrogen-bond acceptors (Lipinski definition) is 5. The zero-order valence-electron chi connectivity index (χ0n) is 17.9. The molecule has 1 aliphatic heterocycles. The molecule has 0 spiro atoms. The van der Waals surface area contributed by atoms with Crippen LogP contribution in [-0.4, -0.2) is 56.7 Å². The number of aryl methyl sites for hydroxylation is 1. The molecule has 3 aromatic heterocycles. The van der Waals surface area contributed by atoms with Crippen LogP contribution in [0.3, 0.4) is 0 Å². The minimum absolute atomic E-state index is 0.118. The van der Waals surface area contributed by atoms with Crippen molar-refractivity contribution in [1.29, 1.82) is 0 Å². The van der Waals surface area contributed by atoms with Crippen molar-refractivity contribution >= 4 is 39.1 Å². The van der Waals surface area contributed by atoms with Crippen molar-refractivity contribution in [3.8, 4) is 0 Å². The van der Waals surface area contributed by atoms with E-state index in [9.17, 15) is 4.79 Å². The molecule has 1 saturated heterocycles. The normalized spacial score (nSPS) is 14.9. The van der Waals surface area contributed by atoms with Gasteiger partial charge in [0.05, 0.1) is 17.1 Å². The number of piperazine rings is 1. The third-order valence-electron chi connectivity index (χ3n) is 5.88. The Kier molecular flexibility index (Phi) is 5.95. The minimum Gasteiger partial charge on any atom is -0.335 e. The number of pyridine rings is 1. The Labute approximate surface area is 196 Å². The molecule has 1 aromatic carbocycles. The van der Waals surface area contributed by atoms with Crippen LogP contribution < -0.4 is 0 Å². The van der Waals surface area contributed by atoms with Crippen molar-refractivity contribution in [3.63, 3.8) is 0 Å². The lowest BCUT2D eigenvalue weighted by Gasteiger charge is -2.34. The first kappa shape index (κ1) is 21.1. The Morgan fingerprint density at radius 1 is 1.00 bits per heavy atom. The summed E-state index contributed by atoms with van der Waals surface area (Å²) >= 11 is 7.54. The Morgan fingerprint density at radius 3 is 2.41 bits per heavy atom. The summed E-state index contributed by atoms with van der Waals surface area (Å²) < 4.78 is 1.99. The fraction of sp³-hybridized carbons (Fsp3) is 0.292. The molecule has 5 rings (SSSR count). The molecule has 0 saturated carbocycles. The van der Waals surface area contributed by atoms with Crippen LogP contribution in [0.4, 0.5) is 0 Å². The number of carbonyl (C=O) groups is 1. The predicted octanol–water partition coefficient (Wildman–Crippen LogP) is 4.46. The molecule has 8 heteroatoms. The quantitative estimate of drug-likeness (QED) is 0.436. The van der Waals surface area contributed by atoms with Crippen molar-refractivity contribution in [3.05, 3.63) is 81.6 Å². The highest BCUT2D eigenvalue weighted by molar-refractivity contribution is 7.20. The fourth-order valence-corrected chi connectivity index (χ4v) is 5.35. The molecule has 0 radical (unpaired) electrons. The largest absolute Gasteiger partial charge is 0.335 e. The molecule has 1 aliphatic rings. The first-order valence-electron chi connectivity index (χ1n) is 10.7. The van der Waals surface area contributed by atoms with Gasteiger partial charge in [0.2, 0.25) is 0 Å². The summed E-state index contributed by atoms with van der Waals surface area (Å²) in [5.41, 5.74) is 3.34. The van der Waals surface area contributed by atoms with Gasteiger partial charge in [-0.2, -0.15) is 5.10 Å². The standard InChI is InChI=1S/C24H24ClN5OS/c1-17-21-14-22(32-24(21)30(27-17)16-18-2-4-20(25)5-3-18)23(31)29-12-10-28(11-13-29)15-19-6-8-26-9-7-19/h2-9,14H,10-13,15-16H2,1H3. The maximum absolute atomic E-state index is 13.2. The summed E-state index contributed by atoms with van der Waals surface area (Å²) in [7, 11) is 0. The first-order chi connectivity index (χ1) is 15.6. The van der Waals surface area contributed by atoms with E-state index in [4.69, 9.17) is 11.6 Å². The predicted molar refractivity (Wildman–Crippen MR) is 128 cm³/mol. The minimum atomic E-state index is 0.118. The van der Waals surface area contributed by atoms with E-state index in [1.807, 2.05) is 71.4 Å². The number of benzene rings is 1. The number of hydrogen-bond donors (Lipinski definition) is 0. The fourth-order valence-electron chi connectivity index (χ4n) is 4.10. The summed E-state index contributed by atoms with van der Waals surface area (Å²) in [6.45, 7) is 6.79. The number of carbonyl (C=O) groups excluding carboxylic acids is 1. The summed E-state index contributed by atoms with van der Waals surface area (Å²) in [5, 5.41) is 6.47. The average Bonchev–Trinajstić information content (AvgIpc) is 3.37. The van der Waals surface area contributed by atoms with Crippen LogP contribution in [0.1, 0.15) is 26.5 Å². The number of aromatic nitrogens is 3. The van der Waals surface area contributed by atoms with Crippen LogP contribution in [0, 0.1) is 6.92 Å². The smallest absolute Gasteiger partial charge is 0.264 e. The zero-order chi connectivity index (χ0) is 22.1. The summed E-state index contributed by atoms with van der Waals surface area (Å²) in [5.74, 6) is 0.118. The first-order valence-corrected chi connectivity index (χ1v) is 11.9. The molecule has 4 heterocycles. The van der Waals surface area contributed by atoms with Crippen molar-refractivity contribution < 1.29 is 4.79 Å². The van der Waals surface area contributed by atoms with Gasteiger partial charge in [-0.05, 0) is 48.4 Å². The van der Waals surface area contributed by atoms with Gasteiger partial charge >= 0.3 is 0 Å². The molecular formula is C24H24ClN5OS. The lowest BCUT2D eigenvalue weighted by Crippen LogP contribution is -2.48. The molecule has 32 heavy (non-hydrogen) atoms. The van der Waals surface area contributed by atoms with Gasteiger partial charge in [0.1, 0.15) is 4.83 Å². The molecule has 1 amide bonds. The molecule has 6 nitrogen and oxygen atoms in total. The van der Waals surface area contributed by atoms with E-state index in [-0.39, 0.29) is 5.91 Å². The second kappa shape index (κ2) is 9.02. The van der Waals surface area contributed by atoms with Gasteiger partial charge < -0.3 is 4.90 Å². The van der Waals surface area contributed by atoms with E-state index in [1.165, 1.54) is 16.9 Å². The van der Waals surface area contributed by atoms with Crippen LogP contribution in [0.5, 0.6) is 0 Å². The van der Waals surface area contributed by atoms with Crippen LogP contribution in [0.25, 0.3) is 10.2 Å². The number of halogens is 1. The number of fused-ring (bicyclic) bond motifs is 1. The van der Waals surface area contributed by atoms with Crippen molar-refractivity contribution in [2.45, 2.75) is 20.0 Å². The van der Waals surface area contributed by atoms with Gasteiger partial charge in [-0.15, -0.1) is 11.3 Å². The maximum Gasteiger partial charge on any atom is 0.264 e. The lowest BCUT2D eigenvalue weighted by molar-refractivity contribution is 0.0633. The molecule has 0 N–H and O–H groups in total. The van der Waals surface area contributed by atoms with Gasteiger partial charge in [0.25, 0.3) is 5.91 Å². The van der Waals surface area contributed by atoms with Gasteiger partial charge in [-0.3, -0.25) is 19.4 Å². The van der Waals surface area contributed by atoms with Crippen molar-refractivity contribution in [1.82, 2.24) is 24.6 Å². The van der Waals surface area contributed by atoms with Crippen molar-refractivity contribution in [2.75, 3.05) is 26.2 Å². The number of rotatable bonds is 5. The topological polar surface area (TPSA) is 54.3 Å². The highest BCUT2D eigenvalue weighted by Gasteiger charge is 2.25. The van der Waals surface area contributed by atoms with Crippen LogP contribution >= 0.6 is 22.9 Å². The number of nitrogens with zero attached hydrogens (tertiary/aromatic N) is 5. The second-order valence-electron chi connectivity index (χ2n) is 8.12. The van der Waals surface area contributed by atoms with E-state index in [2.05, 4.69) is 15.0 Å². The van der Waals surface area contributed by atoms with Crippen LogP contribution in [0.15, 0.2) is 54.9 Å². The van der Waals surface area contributed by atoms with E-state index < -0.39 is 0 Å². The van der Waals surface area contributed by atoms with E-state index in [1.54, 1.807) is 0 Å². The molecule has 1 fully saturated rings.